The van der Waals surface area contributed by atoms with Gasteiger partial charge in [-0.25, -0.2) is 26.4 Å². The highest BCUT2D eigenvalue weighted by molar-refractivity contribution is 14.1. The number of sulfonamides is 2. The van der Waals surface area contributed by atoms with Crippen LogP contribution in [0.15, 0.2) is 70.5 Å². The Balaban J connectivity index is 0.000000225. The van der Waals surface area contributed by atoms with Crippen LogP contribution in [-0.2, 0) is 20.0 Å². The van der Waals surface area contributed by atoms with Crippen molar-refractivity contribution in [2.45, 2.75) is 48.1 Å². The van der Waals surface area contributed by atoms with Crippen LogP contribution >= 0.6 is 22.6 Å². The highest BCUT2D eigenvalue weighted by Gasteiger charge is 2.34. The van der Waals surface area contributed by atoms with Gasteiger partial charge >= 0.3 is 0 Å². The summed E-state index contributed by atoms with van der Waals surface area (Å²) in [6.45, 7) is 0. The standard InChI is InChI=1S/C19H21FN2O2S.C6H7IN2O2S/c20-16-9-5-4-8-15(16)14-10-11-17-18(12-14)25(23,24)22-19(21-17)13-6-2-1-3-7-13;7-4-1-2-5(8)6(3-4)12(9,10)11/h4-5,8-13,19,21-22H,1-3,6-7H2;1-3H,8H2,(H2,9,10,11). The number of nitrogens with one attached hydrogen (secondary N) is 2. The van der Waals surface area contributed by atoms with Gasteiger partial charge in [0.2, 0.25) is 20.0 Å². The van der Waals surface area contributed by atoms with Gasteiger partial charge in [-0.3, -0.25) is 0 Å². The Kier molecular flexibility index (Phi) is 8.43. The lowest BCUT2D eigenvalue weighted by Crippen LogP contribution is -2.49. The summed E-state index contributed by atoms with van der Waals surface area (Å²) >= 11 is 1.99. The van der Waals surface area contributed by atoms with Gasteiger partial charge in [-0.15, -0.1) is 0 Å². The summed E-state index contributed by atoms with van der Waals surface area (Å²) in [6, 6.07) is 16.1. The van der Waals surface area contributed by atoms with Crippen molar-refractivity contribution in [2.75, 3.05) is 11.1 Å². The number of primary sulfonamides is 1. The largest absolute Gasteiger partial charge is 0.398 e. The molecule has 0 radical (unpaired) electrons. The van der Waals surface area contributed by atoms with Crippen molar-refractivity contribution >= 4 is 54.0 Å². The molecule has 37 heavy (non-hydrogen) atoms. The van der Waals surface area contributed by atoms with Gasteiger partial charge in [0.25, 0.3) is 0 Å². The van der Waals surface area contributed by atoms with Crippen molar-refractivity contribution in [1.29, 1.82) is 0 Å². The lowest BCUT2D eigenvalue weighted by Gasteiger charge is -2.35. The van der Waals surface area contributed by atoms with Crippen molar-refractivity contribution in [1.82, 2.24) is 4.72 Å². The molecule has 0 spiro atoms. The van der Waals surface area contributed by atoms with Gasteiger partial charge in [0.05, 0.1) is 17.5 Å². The third kappa shape index (κ3) is 6.60. The highest BCUT2D eigenvalue weighted by Crippen LogP contribution is 2.35. The molecule has 1 unspecified atom stereocenters. The molecule has 6 N–H and O–H groups in total. The number of fused-ring (bicyclic) bond motifs is 1. The van der Waals surface area contributed by atoms with Crippen LogP contribution in [0, 0.1) is 15.3 Å². The molecule has 1 heterocycles. The van der Waals surface area contributed by atoms with Crippen molar-refractivity contribution in [3.63, 3.8) is 0 Å². The monoisotopic (exact) mass is 658 g/mol. The van der Waals surface area contributed by atoms with Crippen molar-refractivity contribution in [3.05, 3.63) is 70.1 Å². The van der Waals surface area contributed by atoms with Gasteiger partial charge in [-0.1, -0.05) is 43.5 Å². The van der Waals surface area contributed by atoms with Crippen LogP contribution in [-0.4, -0.2) is 23.0 Å². The SMILES string of the molecule is Nc1ccc(I)cc1S(N)(=O)=O.O=S1(=O)NC(C2CCCCC2)Nc2ccc(-c3ccccc3F)cc21. The van der Waals surface area contributed by atoms with Gasteiger partial charge in [0, 0.05) is 9.13 Å². The Hall–Kier alpha value is -2.26. The summed E-state index contributed by atoms with van der Waals surface area (Å²) < 4.78 is 64.9. The summed E-state index contributed by atoms with van der Waals surface area (Å²) in [4.78, 5) is 0.162. The predicted octanol–water partition coefficient (Wildman–Crippen LogP) is 4.62. The number of nitrogen functional groups attached to an aromatic ring is 1. The molecule has 8 nitrogen and oxygen atoms in total. The topological polar surface area (TPSA) is 144 Å². The lowest BCUT2D eigenvalue weighted by atomic mass is 9.87. The number of hydrogen-bond donors (Lipinski definition) is 4. The second-order valence-corrected chi connectivity index (χ2v) is 13.5. The Bertz CT molecular complexity index is 1510. The molecule has 1 saturated carbocycles. The van der Waals surface area contributed by atoms with Crippen LogP contribution in [0.4, 0.5) is 15.8 Å². The van der Waals surface area contributed by atoms with E-state index in [0.717, 1.165) is 29.3 Å². The number of nitrogens with two attached hydrogens (primary N) is 2. The second-order valence-electron chi connectivity index (χ2n) is 9.06. The average Bonchev–Trinajstić information content (AvgIpc) is 2.86. The zero-order valence-electron chi connectivity index (χ0n) is 19.8. The number of halogens is 2. The smallest absolute Gasteiger partial charge is 0.244 e. The van der Waals surface area contributed by atoms with E-state index in [1.165, 1.54) is 24.6 Å². The maximum Gasteiger partial charge on any atom is 0.244 e. The molecular weight excluding hydrogens is 630 g/mol. The molecule has 12 heteroatoms. The Morgan fingerprint density at radius 1 is 0.973 bits per heavy atom. The molecule has 0 aromatic heterocycles. The summed E-state index contributed by atoms with van der Waals surface area (Å²) in [7, 11) is -7.30. The third-order valence-electron chi connectivity index (χ3n) is 6.45. The molecule has 0 amide bonds. The molecule has 5 rings (SSSR count). The molecule has 3 aromatic rings. The lowest BCUT2D eigenvalue weighted by molar-refractivity contribution is 0.306. The van der Waals surface area contributed by atoms with Gasteiger partial charge in [-0.2, -0.15) is 4.72 Å². The zero-order valence-corrected chi connectivity index (χ0v) is 23.6. The summed E-state index contributed by atoms with van der Waals surface area (Å²) in [5.41, 5.74) is 7.14. The van der Waals surface area contributed by atoms with E-state index in [1.54, 1.807) is 42.5 Å². The molecule has 198 valence electrons. The van der Waals surface area contributed by atoms with E-state index in [1.807, 2.05) is 22.6 Å². The zero-order chi connectivity index (χ0) is 26.8. The van der Waals surface area contributed by atoms with Crippen LogP contribution in [0.5, 0.6) is 0 Å². The molecule has 1 aliphatic heterocycles. The highest BCUT2D eigenvalue weighted by atomic mass is 127. The fourth-order valence-electron chi connectivity index (χ4n) is 4.59. The molecule has 1 fully saturated rings. The first-order valence-corrected chi connectivity index (χ1v) is 15.8. The average molecular weight is 659 g/mol. The van der Waals surface area contributed by atoms with Crippen LogP contribution in [0.25, 0.3) is 11.1 Å². The summed E-state index contributed by atoms with van der Waals surface area (Å²) in [5.74, 6) is -0.0559. The minimum Gasteiger partial charge on any atom is -0.398 e. The Morgan fingerprint density at radius 3 is 2.32 bits per heavy atom. The summed E-state index contributed by atoms with van der Waals surface area (Å²) in [5, 5.41) is 8.25. The van der Waals surface area contributed by atoms with E-state index < -0.39 is 20.0 Å². The van der Waals surface area contributed by atoms with E-state index in [4.69, 9.17) is 10.9 Å². The molecule has 0 saturated heterocycles. The van der Waals surface area contributed by atoms with Crippen LogP contribution in [0.1, 0.15) is 32.1 Å². The van der Waals surface area contributed by atoms with E-state index in [-0.39, 0.29) is 27.5 Å². The van der Waals surface area contributed by atoms with E-state index >= 15 is 0 Å². The first kappa shape index (κ1) is 27.8. The van der Waals surface area contributed by atoms with Crippen LogP contribution in [0.3, 0.4) is 0 Å². The second kappa shape index (κ2) is 11.2. The van der Waals surface area contributed by atoms with Gasteiger partial charge in [0.1, 0.15) is 15.6 Å². The van der Waals surface area contributed by atoms with Crippen molar-refractivity contribution in [3.8, 4) is 11.1 Å². The number of hydrogen-bond acceptors (Lipinski definition) is 6. The van der Waals surface area contributed by atoms with Crippen molar-refractivity contribution in [2.24, 2.45) is 11.1 Å². The van der Waals surface area contributed by atoms with Gasteiger partial charge in [0.15, 0.2) is 0 Å². The van der Waals surface area contributed by atoms with Crippen molar-refractivity contribution < 1.29 is 21.2 Å². The van der Waals surface area contributed by atoms with Crippen LogP contribution < -0.4 is 20.9 Å². The maximum atomic E-state index is 14.0. The normalized spacial score (nSPS) is 19.2. The minimum absolute atomic E-state index is 0.0191. The minimum atomic E-state index is -3.69. The maximum absolute atomic E-state index is 14.0. The van der Waals surface area contributed by atoms with Crippen LogP contribution in [0.2, 0.25) is 0 Å². The number of rotatable bonds is 3. The fraction of sp³-hybridized carbons (Fsp3) is 0.280. The third-order valence-corrected chi connectivity index (χ3v) is 9.57. The molecule has 2 aliphatic rings. The van der Waals surface area contributed by atoms with Gasteiger partial charge < -0.3 is 11.1 Å². The number of benzene rings is 3. The molecule has 1 aliphatic carbocycles. The molecule has 0 bridgehead atoms. The Morgan fingerprint density at radius 2 is 1.68 bits per heavy atom. The summed E-state index contributed by atoms with van der Waals surface area (Å²) in [6.07, 6.45) is 5.30. The molecule has 1 atom stereocenters. The number of anilines is 2. The Labute approximate surface area is 230 Å². The molecule has 3 aromatic carbocycles. The molecular formula is C25H28FIN4O4S2. The predicted molar refractivity (Wildman–Crippen MR) is 151 cm³/mol. The first-order chi connectivity index (χ1) is 17.5. The van der Waals surface area contributed by atoms with E-state index in [9.17, 15) is 21.2 Å². The van der Waals surface area contributed by atoms with E-state index in [2.05, 4.69) is 10.0 Å². The quantitative estimate of drug-likeness (QED) is 0.239. The van der Waals surface area contributed by atoms with Gasteiger partial charge in [-0.05, 0) is 83.3 Å². The fourth-order valence-corrected chi connectivity index (χ4v) is 7.39. The van der Waals surface area contributed by atoms with E-state index in [0.29, 0.717) is 22.7 Å². The first-order valence-electron chi connectivity index (χ1n) is 11.7.